The predicted molar refractivity (Wildman–Crippen MR) is 92.0 cm³/mol. The van der Waals surface area contributed by atoms with Crippen molar-refractivity contribution in [2.24, 2.45) is 0 Å². The van der Waals surface area contributed by atoms with Crippen LogP contribution in [0.2, 0.25) is 0 Å². The van der Waals surface area contributed by atoms with Crippen LogP contribution >= 0.6 is 0 Å². The number of benzene rings is 1. The van der Waals surface area contributed by atoms with Gasteiger partial charge in [-0.3, -0.25) is 9.59 Å². The highest BCUT2D eigenvalue weighted by atomic mass is 19.4. The van der Waals surface area contributed by atoms with Crippen molar-refractivity contribution in [3.8, 4) is 11.3 Å². The quantitative estimate of drug-likeness (QED) is 0.802. The first kappa shape index (κ1) is 19.0. The lowest BCUT2D eigenvalue weighted by molar-refractivity contribution is -0.185. The number of aryl methyl sites for hydroxylation is 1. The highest BCUT2D eigenvalue weighted by Gasteiger charge is 2.42. The molecule has 1 aromatic carbocycles. The maximum Gasteiger partial charge on any atom is 0.471 e. The van der Waals surface area contributed by atoms with E-state index in [0.29, 0.717) is 24.3 Å². The minimum atomic E-state index is -4.89. The summed E-state index contributed by atoms with van der Waals surface area (Å²) >= 11 is 0. The first-order valence-corrected chi connectivity index (χ1v) is 8.58. The average Bonchev–Trinajstić information content (AvgIpc) is 2.92. The maximum absolute atomic E-state index is 12.7. The maximum atomic E-state index is 12.7. The highest BCUT2D eigenvalue weighted by Crippen LogP contribution is 2.23. The Balaban J connectivity index is 1.66. The van der Waals surface area contributed by atoms with Crippen molar-refractivity contribution >= 4 is 11.8 Å². The van der Waals surface area contributed by atoms with Crippen LogP contribution < -0.4 is 0 Å². The molecule has 0 unspecified atom stereocenters. The molecule has 27 heavy (non-hydrogen) atoms. The topological polar surface area (TPSA) is 53.8 Å². The second kappa shape index (κ2) is 7.46. The molecule has 5 nitrogen and oxygen atoms in total. The Hall–Kier alpha value is -2.77. The van der Waals surface area contributed by atoms with E-state index >= 15 is 0 Å². The smallest absolute Gasteiger partial charge is 0.461 e. The van der Waals surface area contributed by atoms with E-state index in [4.69, 9.17) is 4.42 Å². The number of alkyl halides is 3. The molecule has 2 amide bonds. The highest BCUT2D eigenvalue weighted by molar-refractivity contribution is 5.94. The third kappa shape index (κ3) is 4.32. The zero-order valence-corrected chi connectivity index (χ0v) is 14.8. The number of carbonyl (C=O) groups is 2. The molecule has 1 fully saturated rings. The lowest BCUT2D eigenvalue weighted by Crippen LogP contribution is -2.43. The van der Waals surface area contributed by atoms with Gasteiger partial charge in [-0.25, -0.2) is 0 Å². The van der Waals surface area contributed by atoms with E-state index < -0.39 is 12.1 Å². The second-order valence-electron chi connectivity index (χ2n) is 6.42. The fraction of sp³-hybridized carbons (Fsp3) is 0.368. The third-order valence-electron chi connectivity index (χ3n) is 4.47. The van der Waals surface area contributed by atoms with E-state index in [2.05, 4.69) is 0 Å². The summed E-state index contributed by atoms with van der Waals surface area (Å²) in [5.74, 6) is -0.636. The van der Waals surface area contributed by atoms with Crippen molar-refractivity contribution in [3.05, 3.63) is 47.7 Å². The van der Waals surface area contributed by atoms with Crippen molar-refractivity contribution in [2.75, 3.05) is 26.2 Å². The number of hydrogen-bond acceptors (Lipinski definition) is 3. The fourth-order valence-corrected chi connectivity index (χ4v) is 3.05. The van der Waals surface area contributed by atoms with Gasteiger partial charge in [0.1, 0.15) is 11.5 Å². The van der Waals surface area contributed by atoms with Crippen molar-refractivity contribution < 1.29 is 27.2 Å². The van der Waals surface area contributed by atoms with Gasteiger partial charge in [-0.15, -0.1) is 0 Å². The van der Waals surface area contributed by atoms with Crippen LogP contribution in [0.1, 0.15) is 22.5 Å². The summed E-state index contributed by atoms with van der Waals surface area (Å²) in [6.07, 6.45) is -4.59. The summed E-state index contributed by atoms with van der Waals surface area (Å²) in [6, 6.07) is 10.6. The van der Waals surface area contributed by atoms with Gasteiger partial charge >= 0.3 is 12.1 Å². The molecule has 0 bridgehead atoms. The van der Waals surface area contributed by atoms with Crippen LogP contribution in [0.25, 0.3) is 11.3 Å². The monoisotopic (exact) mass is 380 g/mol. The standard InChI is InChI=1S/C19H19F3N2O3/c1-13-3-8-16(27-13)14-4-6-15(7-5-14)17(25)23-9-2-10-24(12-11-23)18(26)19(20,21)22/h3-8H,2,9-12H2,1H3. The van der Waals surface area contributed by atoms with E-state index in [1.807, 2.05) is 19.1 Å². The molecule has 1 saturated heterocycles. The average molecular weight is 380 g/mol. The molecule has 3 rings (SSSR count). The van der Waals surface area contributed by atoms with Gasteiger partial charge in [0.2, 0.25) is 0 Å². The van der Waals surface area contributed by atoms with Crippen molar-refractivity contribution in [2.45, 2.75) is 19.5 Å². The SMILES string of the molecule is Cc1ccc(-c2ccc(C(=O)N3CCCN(C(=O)C(F)(F)F)CC3)cc2)o1. The molecule has 0 spiro atoms. The number of halogens is 3. The summed E-state index contributed by atoms with van der Waals surface area (Å²) < 4.78 is 43.3. The Morgan fingerprint density at radius 1 is 0.926 bits per heavy atom. The van der Waals surface area contributed by atoms with Crippen LogP contribution in [0.3, 0.4) is 0 Å². The van der Waals surface area contributed by atoms with Gasteiger partial charge in [0.25, 0.3) is 5.91 Å². The van der Waals surface area contributed by atoms with E-state index in [9.17, 15) is 22.8 Å². The van der Waals surface area contributed by atoms with Crippen molar-refractivity contribution in [3.63, 3.8) is 0 Å². The minimum absolute atomic E-state index is 0.0150. The number of amides is 2. The lowest BCUT2D eigenvalue weighted by atomic mass is 10.1. The number of nitrogens with zero attached hydrogens (tertiary/aromatic N) is 2. The van der Waals surface area contributed by atoms with Gasteiger partial charge in [-0.2, -0.15) is 13.2 Å². The Bertz CT molecular complexity index is 827. The summed E-state index contributed by atoms with van der Waals surface area (Å²) in [5, 5.41) is 0. The van der Waals surface area contributed by atoms with Gasteiger partial charge in [0.15, 0.2) is 0 Å². The number of carbonyl (C=O) groups excluding carboxylic acids is 2. The van der Waals surface area contributed by atoms with Crippen molar-refractivity contribution in [1.82, 2.24) is 9.80 Å². The normalized spacial score (nSPS) is 15.6. The molecule has 8 heteroatoms. The Kier molecular flexibility index (Phi) is 5.25. The molecular formula is C19H19F3N2O3. The molecule has 1 aliphatic rings. The van der Waals surface area contributed by atoms with E-state index in [-0.39, 0.29) is 25.5 Å². The zero-order valence-electron chi connectivity index (χ0n) is 14.8. The Morgan fingerprint density at radius 2 is 1.56 bits per heavy atom. The molecule has 2 aromatic rings. The molecule has 2 heterocycles. The van der Waals surface area contributed by atoms with Crippen LogP contribution in [-0.4, -0.2) is 54.0 Å². The van der Waals surface area contributed by atoms with Crippen LogP contribution in [0.4, 0.5) is 13.2 Å². The van der Waals surface area contributed by atoms with Crippen LogP contribution in [0.15, 0.2) is 40.8 Å². The van der Waals surface area contributed by atoms with Gasteiger partial charge in [0, 0.05) is 37.3 Å². The molecule has 0 N–H and O–H groups in total. The zero-order chi connectivity index (χ0) is 19.6. The summed E-state index contributed by atoms with van der Waals surface area (Å²) in [4.78, 5) is 26.3. The predicted octanol–water partition coefficient (Wildman–Crippen LogP) is 3.49. The second-order valence-corrected chi connectivity index (χ2v) is 6.42. The molecule has 1 aliphatic heterocycles. The van der Waals surface area contributed by atoms with Crippen LogP contribution in [0, 0.1) is 6.92 Å². The fourth-order valence-electron chi connectivity index (χ4n) is 3.05. The largest absolute Gasteiger partial charge is 0.471 e. The molecule has 0 atom stereocenters. The summed E-state index contributed by atoms with van der Waals surface area (Å²) in [7, 11) is 0. The third-order valence-corrected chi connectivity index (χ3v) is 4.47. The van der Waals surface area contributed by atoms with Gasteiger partial charge in [-0.1, -0.05) is 12.1 Å². The summed E-state index contributed by atoms with van der Waals surface area (Å²) in [6.45, 7) is 2.07. The first-order chi connectivity index (χ1) is 12.8. The van der Waals surface area contributed by atoms with Gasteiger partial charge in [0.05, 0.1) is 0 Å². The van der Waals surface area contributed by atoms with E-state index in [0.717, 1.165) is 16.2 Å². The molecule has 0 radical (unpaired) electrons. The Labute approximate surface area is 154 Å². The summed E-state index contributed by atoms with van der Waals surface area (Å²) in [5.41, 5.74) is 1.27. The molecular weight excluding hydrogens is 361 g/mol. The molecule has 1 aromatic heterocycles. The van der Waals surface area contributed by atoms with Crippen LogP contribution in [-0.2, 0) is 4.79 Å². The lowest BCUT2D eigenvalue weighted by Gasteiger charge is -2.23. The number of rotatable bonds is 2. The number of hydrogen-bond donors (Lipinski definition) is 0. The molecule has 0 saturated carbocycles. The molecule has 144 valence electrons. The minimum Gasteiger partial charge on any atom is -0.461 e. The van der Waals surface area contributed by atoms with Crippen molar-refractivity contribution in [1.29, 1.82) is 0 Å². The first-order valence-electron chi connectivity index (χ1n) is 8.58. The molecule has 0 aliphatic carbocycles. The van der Waals surface area contributed by atoms with E-state index in [1.165, 1.54) is 4.90 Å². The van der Waals surface area contributed by atoms with Gasteiger partial charge in [-0.05, 0) is 37.6 Å². The van der Waals surface area contributed by atoms with E-state index in [1.54, 1.807) is 24.3 Å². The number of furan rings is 1. The Morgan fingerprint density at radius 3 is 2.15 bits per heavy atom. The van der Waals surface area contributed by atoms with Crippen LogP contribution in [0.5, 0.6) is 0 Å². The van der Waals surface area contributed by atoms with Gasteiger partial charge < -0.3 is 14.2 Å².